The minimum atomic E-state index is -0.670. The summed E-state index contributed by atoms with van der Waals surface area (Å²) in [7, 11) is 1.62. The third-order valence-corrected chi connectivity index (χ3v) is 1.99. The van der Waals surface area contributed by atoms with Crippen LogP contribution in [0.4, 0.5) is 0 Å². The van der Waals surface area contributed by atoms with Crippen molar-refractivity contribution in [1.82, 2.24) is 5.48 Å². The molecule has 0 aliphatic carbocycles. The maximum atomic E-state index is 10.0. The van der Waals surface area contributed by atoms with E-state index < -0.39 is 5.97 Å². The number of nitrogens with one attached hydrogen (secondary N) is 1. The second-order valence-corrected chi connectivity index (χ2v) is 3.66. The van der Waals surface area contributed by atoms with Gasteiger partial charge >= 0.3 is 5.97 Å². The van der Waals surface area contributed by atoms with Crippen LogP contribution in [0, 0.1) is 0 Å². The predicted molar refractivity (Wildman–Crippen MR) is 66.3 cm³/mol. The normalized spacial score (nSPS) is 9.44. The van der Waals surface area contributed by atoms with Gasteiger partial charge in [0.2, 0.25) is 0 Å². The molecule has 2 N–H and O–H groups in total. The maximum absolute atomic E-state index is 10.0. The zero-order valence-electron chi connectivity index (χ0n) is 10.9. The Morgan fingerprint density at radius 3 is 2.12 bits per heavy atom. The molecule has 16 heavy (non-hydrogen) atoms. The number of carboxylic acids is 1. The highest BCUT2D eigenvalue weighted by atomic mass is 16.6. The van der Waals surface area contributed by atoms with E-state index in [0.717, 1.165) is 25.8 Å². The lowest BCUT2D eigenvalue weighted by Crippen LogP contribution is -2.11. The van der Waals surface area contributed by atoms with Crippen molar-refractivity contribution < 1.29 is 14.7 Å². The fraction of sp³-hybridized carbons (Fsp3) is 0.917. The molecule has 0 saturated heterocycles. The number of unbranched alkanes of at least 4 members (excludes halogenated alkanes) is 4. The number of aliphatic carboxylic acids is 1. The Labute approximate surface area is 99.3 Å². The van der Waals surface area contributed by atoms with Crippen molar-refractivity contribution in [3.05, 3.63) is 0 Å². The Kier molecular flexibility index (Phi) is 18.7. The van der Waals surface area contributed by atoms with E-state index in [0.29, 0.717) is 6.42 Å². The van der Waals surface area contributed by atoms with E-state index in [4.69, 9.17) is 5.11 Å². The van der Waals surface area contributed by atoms with E-state index in [1.54, 1.807) is 7.11 Å². The molecule has 0 aromatic heterocycles. The molecule has 0 aliphatic heterocycles. The van der Waals surface area contributed by atoms with Crippen LogP contribution in [0.25, 0.3) is 0 Å². The summed E-state index contributed by atoms with van der Waals surface area (Å²) >= 11 is 0. The Morgan fingerprint density at radius 1 is 1.12 bits per heavy atom. The quantitative estimate of drug-likeness (QED) is 0.475. The van der Waals surface area contributed by atoms with Crippen LogP contribution in [0.15, 0.2) is 0 Å². The highest BCUT2D eigenvalue weighted by molar-refractivity contribution is 5.66. The van der Waals surface area contributed by atoms with Crippen LogP contribution in [0.2, 0.25) is 0 Å². The van der Waals surface area contributed by atoms with Gasteiger partial charge in [0.25, 0.3) is 0 Å². The van der Waals surface area contributed by atoms with Crippen molar-refractivity contribution in [2.75, 3.05) is 13.7 Å². The Balaban J connectivity index is 0. The summed E-state index contributed by atoms with van der Waals surface area (Å²) in [6.45, 7) is 5.18. The molecule has 4 nitrogen and oxygen atoms in total. The molecule has 0 fully saturated rings. The van der Waals surface area contributed by atoms with Crippen LogP contribution in [0.5, 0.6) is 0 Å². The summed E-state index contributed by atoms with van der Waals surface area (Å²) in [5.74, 6) is -0.670. The van der Waals surface area contributed by atoms with E-state index in [9.17, 15) is 4.79 Å². The van der Waals surface area contributed by atoms with Crippen molar-refractivity contribution in [3.63, 3.8) is 0 Å². The molecule has 0 aromatic rings. The number of carbonyl (C=O) groups is 1. The monoisotopic (exact) mass is 233 g/mol. The molecule has 0 heterocycles. The van der Waals surface area contributed by atoms with Crippen molar-refractivity contribution in [2.24, 2.45) is 0 Å². The van der Waals surface area contributed by atoms with Gasteiger partial charge < -0.3 is 9.94 Å². The molecular weight excluding hydrogens is 206 g/mol. The van der Waals surface area contributed by atoms with E-state index in [1.165, 1.54) is 19.3 Å². The van der Waals surface area contributed by atoms with Gasteiger partial charge in [-0.25, -0.2) is 5.48 Å². The number of hydrogen-bond donors (Lipinski definition) is 2. The zero-order valence-corrected chi connectivity index (χ0v) is 10.9. The van der Waals surface area contributed by atoms with Gasteiger partial charge in [0.1, 0.15) is 0 Å². The molecule has 0 rings (SSSR count). The van der Waals surface area contributed by atoms with E-state index in [2.05, 4.69) is 24.2 Å². The Hall–Kier alpha value is -0.610. The Bertz CT molecular complexity index is 136. The van der Waals surface area contributed by atoms with Gasteiger partial charge in [-0.3, -0.25) is 4.79 Å². The largest absolute Gasteiger partial charge is 0.481 e. The molecule has 0 spiro atoms. The zero-order chi connectivity index (χ0) is 12.6. The fourth-order valence-corrected chi connectivity index (χ4v) is 1.08. The maximum Gasteiger partial charge on any atom is 0.303 e. The van der Waals surface area contributed by atoms with Crippen molar-refractivity contribution in [3.8, 4) is 0 Å². The van der Waals surface area contributed by atoms with Gasteiger partial charge in [0.15, 0.2) is 0 Å². The molecule has 0 aliphatic rings. The molecule has 0 aromatic carbocycles. The molecular formula is C12H27NO3. The van der Waals surface area contributed by atoms with Gasteiger partial charge in [-0.1, -0.05) is 39.5 Å². The minimum absolute atomic E-state index is 0.337. The molecule has 4 heteroatoms. The van der Waals surface area contributed by atoms with Gasteiger partial charge in [0, 0.05) is 13.0 Å². The lowest BCUT2D eigenvalue weighted by atomic mass is 10.1. The minimum Gasteiger partial charge on any atom is -0.481 e. The SMILES string of the molecule is CCCCCCCC(=O)O.CCCNOC. The van der Waals surface area contributed by atoms with Crippen molar-refractivity contribution in [2.45, 2.75) is 58.8 Å². The summed E-state index contributed by atoms with van der Waals surface area (Å²) in [6.07, 6.45) is 7.00. The molecule has 0 unspecified atom stereocenters. The molecule has 98 valence electrons. The lowest BCUT2D eigenvalue weighted by molar-refractivity contribution is -0.137. The third kappa shape index (κ3) is 23.3. The van der Waals surface area contributed by atoms with Gasteiger partial charge in [-0.15, -0.1) is 0 Å². The summed E-state index contributed by atoms with van der Waals surface area (Å²) in [4.78, 5) is 14.6. The summed E-state index contributed by atoms with van der Waals surface area (Å²) < 4.78 is 0. The summed E-state index contributed by atoms with van der Waals surface area (Å²) in [5, 5.41) is 8.27. The van der Waals surface area contributed by atoms with Crippen LogP contribution in [0.1, 0.15) is 58.8 Å². The third-order valence-electron chi connectivity index (χ3n) is 1.99. The predicted octanol–water partition coefficient (Wildman–Crippen LogP) is 2.98. The van der Waals surface area contributed by atoms with Gasteiger partial charge in [-0.2, -0.15) is 0 Å². The molecule has 0 amide bonds. The lowest BCUT2D eigenvalue weighted by Gasteiger charge is -1.95. The van der Waals surface area contributed by atoms with Crippen LogP contribution in [0.3, 0.4) is 0 Å². The van der Waals surface area contributed by atoms with E-state index >= 15 is 0 Å². The standard InChI is InChI=1S/C8H16O2.C4H11NO/c1-2-3-4-5-6-7-8(9)10;1-3-4-5-6-2/h2-7H2,1H3,(H,9,10);5H,3-4H2,1-2H3. The summed E-state index contributed by atoms with van der Waals surface area (Å²) in [6, 6.07) is 0. The summed E-state index contributed by atoms with van der Waals surface area (Å²) in [5.41, 5.74) is 2.70. The first kappa shape index (κ1) is 17.8. The van der Waals surface area contributed by atoms with Crippen LogP contribution < -0.4 is 5.48 Å². The molecule has 0 radical (unpaired) electrons. The van der Waals surface area contributed by atoms with Crippen molar-refractivity contribution >= 4 is 5.97 Å². The van der Waals surface area contributed by atoms with Crippen LogP contribution >= 0.6 is 0 Å². The molecule has 0 atom stereocenters. The average Bonchev–Trinajstić information content (AvgIpc) is 2.26. The van der Waals surface area contributed by atoms with Crippen LogP contribution in [-0.2, 0) is 9.63 Å². The number of rotatable bonds is 9. The molecule has 0 saturated carbocycles. The smallest absolute Gasteiger partial charge is 0.303 e. The first-order valence-corrected chi connectivity index (χ1v) is 6.16. The number of hydrogen-bond acceptors (Lipinski definition) is 3. The molecule has 0 bridgehead atoms. The second-order valence-electron chi connectivity index (χ2n) is 3.66. The highest BCUT2D eigenvalue weighted by Gasteiger charge is 1.94. The fourth-order valence-electron chi connectivity index (χ4n) is 1.08. The van der Waals surface area contributed by atoms with E-state index in [-0.39, 0.29) is 0 Å². The Morgan fingerprint density at radius 2 is 1.75 bits per heavy atom. The second kappa shape index (κ2) is 16.8. The first-order valence-electron chi connectivity index (χ1n) is 6.16. The van der Waals surface area contributed by atoms with Gasteiger partial charge in [-0.05, 0) is 12.8 Å². The van der Waals surface area contributed by atoms with Gasteiger partial charge in [0.05, 0.1) is 7.11 Å². The average molecular weight is 233 g/mol. The topological polar surface area (TPSA) is 58.6 Å². The van der Waals surface area contributed by atoms with Crippen LogP contribution in [-0.4, -0.2) is 24.7 Å². The first-order chi connectivity index (χ1) is 7.68. The number of hydroxylamine groups is 1. The van der Waals surface area contributed by atoms with Crippen molar-refractivity contribution in [1.29, 1.82) is 0 Å². The van der Waals surface area contributed by atoms with E-state index in [1.807, 2.05) is 0 Å². The number of carboxylic acid groups (broad SMARTS) is 1. The highest BCUT2D eigenvalue weighted by Crippen LogP contribution is 2.04.